The zero-order valence-electron chi connectivity index (χ0n) is 16.7. The quantitative estimate of drug-likeness (QED) is 0.752. The maximum Gasteiger partial charge on any atom is 0.409 e. The first-order valence-electron chi connectivity index (χ1n) is 10.5. The van der Waals surface area contributed by atoms with Gasteiger partial charge in [0.2, 0.25) is 0 Å². The Morgan fingerprint density at radius 3 is 2.36 bits per heavy atom. The lowest BCUT2D eigenvalue weighted by molar-refractivity contribution is 0.0926. The van der Waals surface area contributed by atoms with Gasteiger partial charge in [-0.3, -0.25) is 4.79 Å². The number of carbonyl (C=O) groups is 2. The Kier molecular flexibility index (Phi) is 7.45. The van der Waals surface area contributed by atoms with Crippen LogP contribution in [0.2, 0.25) is 0 Å². The zero-order valence-corrected chi connectivity index (χ0v) is 16.7. The van der Waals surface area contributed by atoms with Crippen LogP contribution >= 0.6 is 0 Å². The summed E-state index contributed by atoms with van der Waals surface area (Å²) in [5.74, 6) is 0.509. The van der Waals surface area contributed by atoms with Crippen molar-refractivity contribution in [2.24, 2.45) is 0 Å². The van der Waals surface area contributed by atoms with Crippen LogP contribution in [0.3, 0.4) is 0 Å². The molecule has 1 aromatic heterocycles. The number of aromatic nitrogens is 2. The van der Waals surface area contributed by atoms with Crippen LogP contribution in [-0.4, -0.2) is 58.9 Å². The Labute approximate surface area is 166 Å². The van der Waals surface area contributed by atoms with Crippen molar-refractivity contribution >= 4 is 17.8 Å². The highest BCUT2D eigenvalue weighted by Crippen LogP contribution is 2.18. The van der Waals surface area contributed by atoms with Gasteiger partial charge < -0.3 is 20.3 Å². The fourth-order valence-electron chi connectivity index (χ4n) is 3.84. The van der Waals surface area contributed by atoms with Crippen LogP contribution < -0.4 is 10.6 Å². The van der Waals surface area contributed by atoms with Crippen molar-refractivity contribution in [2.75, 3.05) is 25.0 Å². The van der Waals surface area contributed by atoms with E-state index >= 15 is 0 Å². The van der Waals surface area contributed by atoms with E-state index in [2.05, 4.69) is 20.8 Å². The number of carbonyl (C=O) groups excluding carboxylic acids is 2. The second-order valence-electron chi connectivity index (χ2n) is 7.57. The minimum absolute atomic E-state index is 0.145. The van der Waals surface area contributed by atoms with Gasteiger partial charge in [0.1, 0.15) is 5.82 Å². The molecule has 0 radical (unpaired) electrons. The highest BCUT2D eigenvalue weighted by atomic mass is 16.6. The first-order valence-corrected chi connectivity index (χ1v) is 10.5. The number of hydrogen-bond acceptors (Lipinski definition) is 6. The number of anilines is 1. The van der Waals surface area contributed by atoms with Crippen LogP contribution in [0, 0.1) is 0 Å². The summed E-state index contributed by atoms with van der Waals surface area (Å²) in [6, 6.07) is 3.99. The normalized spacial score (nSPS) is 19.0. The predicted molar refractivity (Wildman–Crippen MR) is 106 cm³/mol. The lowest BCUT2D eigenvalue weighted by Crippen LogP contribution is -2.42. The van der Waals surface area contributed by atoms with Crippen LogP contribution in [0.5, 0.6) is 0 Å². The first-order chi connectivity index (χ1) is 13.7. The second kappa shape index (κ2) is 10.2. The van der Waals surface area contributed by atoms with Crippen LogP contribution in [0.4, 0.5) is 10.6 Å². The van der Waals surface area contributed by atoms with Crippen molar-refractivity contribution in [1.82, 2.24) is 20.4 Å². The topological polar surface area (TPSA) is 96.5 Å². The van der Waals surface area contributed by atoms with Crippen LogP contribution in [0.15, 0.2) is 12.1 Å². The molecule has 1 saturated carbocycles. The first kappa shape index (κ1) is 20.4. The van der Waals surface area contributed by atoms with Gasteiger partial charge in [-0.1, -0.05) is 25.7 Å². The van der Waals surface area contributed by atoms with Gasteiger partial charge in [0.15, 0.2) is 5.69 Å². The van der Waals surface area contributed by atoms with Crippen molar-refractivity contribution in [3.8, 4) is 0 Å². The number of ether oxygens (including phenoxy) is 1. The summed E-state index contributed by atoms with van der Waals surface area (Å²) in [5, 5.41) is 14.7. The van der Waals surface area contributed by atoms with Crippen molar-refractivity contribution < 1.29 is 14.3 Å². The number of piperidine rings is 1. The molecule has 0 spiro atoms. The maximum absolute atomic E-state index is 12.4. The van der Waals surface area contributed by atoms with Crippen LogP contribution in [0.1, 0.15) is 68.8 Å². The maximum atomic E-state index is 12.4. The summed E-state index contributed by atoms with van der Waals surface area (Å²) in [5.41, 5.74) is 0.354. The van der Waals surface area contributed by atoms with E-state index in [4.69, 9.17) is 4.74 Å². The highest BCUT2D eigenvalue weighted by molar-refractivity contribution is 5.92. The lowest BCUT2D eigenvalue weighted by atomic mass is 10.1. The number of rotatable bonds is 5. The number of hydrogen-bond donors (Lipinski definition) is 2. The molecule has 1 aliphatic carbocycles. The molecule has 8 nitrogen and oxygen atoms in total. The van der Waals surface area contributed by atoms with E-state index in [1.54, 1.807) is 17.0 Å². The van der Waals surface area contributed by atoms with Gasteiger partial charge in [0.05, 0.1) is 6.61 Å². The molecular weight excluding hydrogens is 358 g/mol. The highest BCUT2D eigenvalue weighted by Gasteiger charge is 2.24. The number of likely N-dealkylation sites (tertiary alicyclic amines) is 1. The number of nitrogens with zero attached hydrogens (tertiary/aromatic N) is 3. The molecule has 0 bridgehead atoms. The molecule has 0 aromatic carbocycles. The predicted octanol–water partition coefficient (Wildman–Crippen LogP) is 2.96. The molecule has 2 fully saturated rings. The molecule has 1 aromatic rings. The molecule has 2 heterocycles. The molecule has 2 aliphatic rings. The molecular formula is C20H31N5O3. The fraction of sp³-hybridized carbons (Fsp3) is 0.700. The molecule has 1 aliphatic heterocycles. The fourth-order valence-corrected chi connectivity index (χ4v) is 3.84. The molecule has 2 amide bonds. The minimum Gasteiger partial charge on any atom is -0.450 e. The van der Waals surface area contributed by atoms with Gasteiger partial charge in [-0.2, -0.15) is 0 Å². The van der Waals surface area contributed by atoms with E-state index in [1.807, 2.05) is 6.92 Å². The standard InChI is InChI=1S/C20H31N5O3/c1-2-28-20(27)25-13-11-16(12-14-25)21-18-10-9-17(23-24-18)19(26)22-15-7-5-3-4-6-8-15/h9-10,15-16H,2-8,11-14H2,1H3,(H,21,24)(H,22,26). The van der Waals surface area contributed by atoms with Gasteiger partial charge in [0, 0.05) is 25.2 Å². The Morgan fingerprint density at radius 1 is 1.04 bits per heavy atom. The Morgan fingerprint density at radius 2 is 1.75 bits per heavy atom. The molecule has 1 saturated heterocycles. The molecule has 0 atom stereocenters. The third kappa shape index (κ3) is 5.81. The molecule has 2 N–H and O–H groups in total. The number of amides is 2. The third-order valence-corrected chi connectivity index (χ3v) is 5.46. The minimum atomic E-state index is -0.246. The van der Waals surface area contributed by atoms with Gasteiger partial charge >= 0.3 is 6.09 Å². The Balaban J connectivity index is 1.45. The van der Waals surface area contributed by atoms with Gasteiger partial charge in [-0.25, -0.2) is 4.79 Å². The van der Waals surface area contributed by atoms with Gasteiger partial charge in [-0.05, 0) is 44.7 Å². The third-order valence-electron chi connectivity index (χ3n) is 5.46. The van der Waals surface area contributed by atoms with E-state index in [0.717, 1.165) is 25.7 Å². The molecule has 8 heteroatoms. The van der Waals surface area contributed by atoms with Gasteiger partial charge in [-0.15, -0.1) is 10.2 Å². The summed E-state index contributed by atoms with van der Waals surface area (Å²) < 4.78 is 5.04. The van der Waals surface area contributed by atoms with Crippen molar-refractivity contribution in [3.63, 3.8) is 0 Å². The molecule has 154 valence electrons. The van der Waals surface area contributed by atoms with Crippen LogP contribution in [-0.2, 0) is 4.74 Å². The summed E-state index contributed by atoms with van der Waals surface area (Å²) in [4.78, 5) is 25.9. The average Bonchev–Trinajstić information content (AvgIpc) is 2.98. The SMILES string of the molecule is CCOC(=O)N1CCC(Nc2ccc(C(=O)NC3CCCCCC3)nn2)CC1. The van der Waals surface area contributed by atoms with Crippen molar-refractivity contribution in [3.05, 3.63) is 17.8 Å². The summed E-state index contributed by atoms with van der Waals surface area (Å²) in [6.07, 6.45) is 8.35. The van der Waals surface area contributed by atoms with E-state index in [1.165, 1.54) is 25.7 Å². The van der Waals surface area contributed by atoms with E-state index in [9.17, 15) is 9.59 Å². The lowest BCUT2D eigenvalue weighted by Gasteiger charge is -2.31. The summed E-state index contributed by atoms with van der Waals surface area (Å²) >= 11 is 0. The molecule has 0 unspecified atom stereocenters. The van der Waals surface area contributed by atoms with Gasteiger partial charge in [0.25, 0.3) is 5.91 Å². The van der Waals surface area contributed by atoms with E-state index < -0.39 is 0 Å². The second-order valence-corrected chi connectivity index (χ2v) is 7.57. The van der Waals surface area contributed by atoms with E-state index in [0.29, 0.717) is 31.2 Å². The summed E-state index contributed by atoms with van der Waals surface area (Å²) in [6.45, 7) is 3.52. The summed E-state index contributed by atoms with van der Waals surface area (Å²) in [7, 11) is 0. The largest absolute Gasteiger partial charge is 0.450 e. The Bertz CT molecular complexity index is 636. The monoisotopic (exact) mass is 389 g/mol. The van der Waals surface area contributed by atoms with E-state index in [-0.39, 0.29) is 24.1 Å². The van der Waals surface area contributed by atoms with Crippen LogP contribution in [0.25, 0.3) is 0 Å². The smallest absolute Gasteiger partial charge is 0.409 e. The average molecular weight is 390 g/mol. The zero-order chi connectivity index (χ0) is 19.8. The van der Waals surface area contributed by atoms with Crippen molar-refractivity contribution in [1.29, 1.82) is 0 Å². The molecule has 28 heavy (non-hydrogen) atoms. The number of nitrogens with one attached hydrogen (secondary N) is 2. The molecule has 3 rings (SSSR count). The Hall–Kier alpha value is -2.38. The van der Waals surface area contributed by atoms with Crippen molar-refractivity contribution in [2.45, 2.75) is 70.4 Å².